The summed E-state index contributed by atoms with van der Waals surface area (Å²) in [5.74, 6) is -2.58. The maximum Gasteiger partial charge on any atom is 0.433 e. The lowest BCUT2D eigenvalue weighted by molar-refractivity contribution is -0.141. The minimum absolute atomic E-state index is 0.0506. The van der Waals surface area contributed by atoms with Crippen molar-refractivity contribution in [2.24, 2.45) is 0 Å². The number of aryl methyl sites for hydroxylation is 1. The Morgan fingerprint density at radius 2 is 1.75 bits per heavy atom. The average Bonchev–Trinajstić information content (AvgIpc) is 2.82. The molecular weight excluding hydrogens is 501 g/mol. The molecular formula is C25H24F5N3O2S. The fourth-order valence-corrected chi connectivity index (χ4v) is 3.85. The molecule has 1 heterocycles. The highest BCUT2D eigenvalue weighted by molar-refractivity contribution is 7.82. The van der Waals surface area contributed by atoms with Crippen LogP contribution in [0.1, 0.15) is 40.8 Å². The quantitative estimate of drug-likeness (QED) is 0.400. The number of halogens is 5. The van der Waals surface area contributed by atoms with Gasteiger partial charge in [0.15, 0.2) is 0 Å². The third-order valence-electron chi connectivity index (χ3n) is 5.61. The molecule has 0 saturated carbocycles. The predicted octanol–water partition coefficient (Wildman–Crippen LogP) is 5.16. The lowest BCUT2D eigenvalue weighted by atomic mass is 9.98. The molecule has 2 atom stereocenters. The molecule has 2 unspecified atom stereocenters. The minimum atomic E-state index is -4.73. The van der Waals surface area contributed by atoms with Gasteiger partial charge in [-0.05, 0) is 48.7 Å². The van der Waals surface area contributed by atoms with Crippen LogP contribution in [0.2, 0.25) is 0 Å². The molecule has 11 heteroatoms. The van der Waals surface area contributed by atoms with Gasteiger partial charge in [-0.1, -0.05) is 30.3 Å². The molecule has 0 aliphatic rings. The van der Waals surface area contributed by atoms with E-state index in [2.05, 4.69) is 15.0 Å². The number of hydrogen-bond acceptors (Lipinski definition) is 3. The monoisotopic (exact) mass is 525 g/mol. The van der Waals surface area contributed by atoms with Gasteiger partial charge < -0.3 is 5.32 Å². The van der Waals surface area contributed by atoms with Gasteiger partial charge in [0, 0.05) is 30.5 Å². The van der Waals surface area contributed by atoms with Crippen LogP contribution in [0.5, 0.6) is 0 Å². The van der Waals surface area contributed by atoms with Crippen LogP contribution in [0, 0.1) is 18.6 Å². The van der Waals surface area contributed by atoms with Crippen LogP contribution in [-0.2, 0) is 35.0 Å². The van der Waals surface area contributed by atoms with Gasteiger partial charge in [-0.15, -0.1) is 0 Å². The number of pyridine rings is 1. The predicted molar refractivity (Wildman–Crippen MR) is 127 cm³/mol. The molecule has 0 spiro atoms. The first-order valence-electron chi connectivity index (χ1n) is 10.8. The van der Waals surface area contributed by atoms with E-state index in [4.69, 9.17) is 0 Å². The summed E-state index contributed by atoms with van der Waals surface area (Å²) in [6, 6.07) is 10.5. The molecule has 5 nitrogen and oxygen atoms in total. The molecule has 0 saturated heterocycles. The Morgan fingerprint density at radius 3 is 2.39 bits per heavy atom. The first kappa shape index (κ1) is 27.4. The zero-order valence-corrected chi connectivity index (χ0v) is 20.5. The summed E-state index contributed by atoms with van der Waals surface area (Å²) in [7, 11) is -1.31. The molecule has 2 N–H and O–H groups in total. The van der Waals surface area contributed by atoms with Crippen LogP contribution in [0.3, 0.4) is 0 Å². The smallest absolute Gasteiger partial charge is 0.351 e. The maximum absolute atomic E-state index is 14.7. The van der Waals surface area contributed by atoms with Gasteiger partial charge in [0.1, 0.15) is 17.3 Å². The summed E-state index contributed by atoms with van der Waals surface area (Å²) in [5.41, 5.74) is -0.440. The molecule has 0 aliphatic carbocycles. The fraction of sp³-hybridized carbons (Fsp3) is 0.280. The van der Waals surface area contributed by atoms with Gasteiger partial charge in [0.25, 0.3) is 0 Å². The normalized spacial score (nSPS) is 13.3. The van der Waals surface area contributed by atoms with Crippen molar-refractivity contribution in [2.75, 3.05) is 6.26 Å². The van der Waals surface area contributed by atoms with Crippen LogP contribution < -0.4 is 10.0 Å². The van der Waals surface area contributed by atoms with E-state index in [0.717, 1.165) is 12.1 Å². The second-order valence-corrected chi connectivity index (χ2v) is 9.40. The molecule has 1 amide bonds. The van der Waals surface area contributed by atoms with Crippen LogP contribution in [0.4, 0.5) is 22.0 Å². The van der Waals surface area contributed by atoms with E-state index in [0.29, 0.717) is 5.56 Å². The van der Waals surface area contributed by atoms with Crippen molar-refractivity contribution in [1.82, 2.24) is 15.0 Å². The number of aromatic nitrogens is 1. The summed E-state index contributed by atoms with van der Waals surface area (Å²) in [4.78, 5) is 16.4. The Hall–Kier alpha value is -3.18. The van der Waals surface area contributed by atoms with Crippen molar-refractivity contribution in [1.29, 1.82) is 0 Å². The third-order valence-corrected chi connectivity index (χ3v) is 6.16. The third kappa shape index (κ3) is 6.52. The number of rotatable bonds is 8. The fourth-order valence-electron chi connectivity index (χ4n) is 3.49. The van der Waals surface area contributed by atoms with E-state index >= 15 is 0 Å². The van der Waals surface area contributed by atoms with Crippen molar-refractivity contribution in [2.45, 2.75) is 39.0 Å². The Bertz CT molecular complexity index is 1300. The molecule has 2 aromatic carbocycles. The number of nitrogens with one attached hydrogen (secondary N) is 2. The lowest BCUT2D eigenvalue weighted by Crippen LogP contribution is -2.28. The number of benzene rings is 2. The largest absolute Gasteiger partial charge is 0.433 e. The summed E-state index contributed by atoms with van der Waals surface area (Å²) < 4.78 is 82.7. The summed E-state index contributed by atoms with van der Waals surface area (Å²) in [5, 5.41) is 2.62. The number of carbonyl (C=O) groups excluding carboxylic acids is 1. The first-order valence-corrected chi connectivity index (χ1v) is 12.4. The van der Waals surface area contributed by atoms with Crippen molar-refractivity contribution >= 4 is 16.9 Å². The van der Waals surface area contributed by atoms with E-state index in [1.54, 1.807) is 13.0 Å². The zero-order valence-electron chi connectivity index (χ0n) is 19.7. The molecule has 1 aromatic heterocycles. The summed E-state index contributed by atoms with van der Waals surface area (Å²) in [6.07, 6.45) is -3.31. The molecule has 3 rings (SSSR count). The lowest BCUT2D eigenvalue weighted by Gasteiger charge is -2.17. The van der Waals surface area contributed by atoms with Crippen molar-refractivity contribution < 1.29 is 31.0 Å². The van der Waals surface area contributed by atoms with Crippen molar-refractivity contribution in [3.05, 3.63) is 88.1 Å². The van der Waals surface area contributed by atoms with Crippen molar-refractivity contribution in [3.63, 3.8) is 0 Å². The van der Waals surface area contributed by atoms with Crippen LogP contribution in [0.15, 0.2) is 48.5 Å². The number of carbonyl (C=O) groups is 1. The van der Waals surface area contributed by atoms with Gasteiger partial charge in [-0.25, -0.2) is 22.7 Å². The minimum Gasteiger partial charge on any atom is -0.351 e. The Balaban J connectivity index is 1.83. The molecule has 0 radical (unpaired) electrons. The zero-order chi connectivity index (χ0) is 26.6. The second kappa shape index (κ2) is 11.3. The molecule has 0 bridgehead atoms. The molecule has 192 valence electrons. The van der Waals surface area contributed by atoms with Gasteiger partial charge >= 0.3 is 6.18 Å². The van der Waals surface area contributed by atoms with Gasteiger partial charge in [0.2, 0.25) is 5.91 Å². The highest BCUT2D eigenvalue weighted by Crippen LogP contribution is 2.33. The summed E-state index contributed by atoms with van der Waals surface area (Å²) in [6.45, 7) is 2.87. The standard InChI is InChI=1S/C25H24F5N3O2S/c1-14-5-4-6-19(22(14)27)23-18(9-10-21(33-23)25(28,29)30)12-31-24(34)15(2)16-7-8-17(20(26)11-16)13-32-36(3)35/h4-11,15,32H,12-13H2,1-3H3,(H,31,34). The van der Waals surface area contributed by atoms with Crippen LogP contribution in [-0.4, -0.2) is 21.4 Å². The van der Waals surface area contributed by atoms with E-state index in [1.165, 1.54) is 43.5 Å². The first-order chi connectivity index (χ1) is 16.9. The molecule has 3 aromatic rings. The molecule has 0 aliphatic heterocycles. The average molecular weight is 526 g/mol. The van der Waals surface area contributed by atoms with E-state index in [-0.39, 0.29) is 41.0 Å². The molecule has 36 heavy (non-hydrogen) atoms. The van der Waals surface area contributed by atoms with Crippen LogP contribution in [0.25, 0.3) is 11.3 Å². The Kier molecular flexibility index (Phi) is 8.57. The Morgan fingerprint density at radius 1 is 1.06 bits per heavy atom. The van der Waals surface area contributed by atoms with Gasteiger partial charge in [-0.2, -0.15) is 13.2 Å². The number of hydrogen-bond donors (Lipinski definition) is 2. The second-order valence-electron chi connectivity index (χ2n) is 8.20. The molecule has 0 fully saturated rings. The van der Waals surface area contributed by atoms with E-state index < -0.39 is 46.3 Å². The number of nitrogens with zero attached hydrogens (tertiary/aromatic N) is 1. The van der Waals surface area contributed by atoms with Crippen molar-refractivity contribution in [3.8, 4) is 11.3 Å². The van der Waals surface area contributed by atoms with E-state index in [9.17, 15) is 31.0 Å². The van der Waals surface area contributed by atoms with Crippen LogP contribution >= 0.6 is 0 Å². The topological polar surface area (TPSA) is 71.1 Å². The van der Waals surface area contributed by atoms with Gasteiger partial charge in [0.05, 0.1) is 22.6 Å². The van der Waals surface area contributed by atoms with Gasteiger partial charge in [-0.3, -0.25) is 4.79 Å². The number of alkyl halides is 3. The Labute approximate surface area is 207 Å². The highest BCUT2D eigenvalue weighted by atomic mass is 32.2. The SMILES string of the molecule is Cc1cccc(-c2nc(C(F)(F)F)ccc2CNC(=O)C(C)c2ccc(CNS(C)=O)c(F)c2)c1F. The summed E-state index contributed by atoms with van der Waals surface area (Å²) >= 11 is 0. The number of amides is 1. The van der Waals surface area contributed by atoms with E-state index in [1.807, 2.05) is 0 Å². The highest BCUT2D eigenvalue weighted by Gasteiger charge is 2.33. The maximum atomic E-state index is 14.7.